The molecule has 0 spiro atoms. The van der Waals surface area contributed by atoms with Gasteiger partial charge in [0, 0.05) is 39.4 Å². The molecule has 0 aliphatic rings. The highest BCUT2D eigenvalue weighted by Crippen LogP contribution is 1.93. The smallest absolute Gasteiger partial charge is 0.208 e. The van der Waals surface area contributed by atoms with Gasteiger partial charge in [0.1, 0.15) is 0 Å². The maximum atomic E-state index is 10.9. The van der Waals surface area contributed by atoms with Gasteiger partial charge in [-0.05, 0) is 19.3 Å². The second kappa shape index (κ2) is 14.5. The van der Waals surface area contributed by atoms with Gasteiger partial charge in [0.2, 0.25) is 10.0 Å². The number of hydrogen-bond acceptors (Lipinski definition) is 4. The summed E-state index contributed by atoms with van der Waals surface area (Å²) >= 11 is 0. The Hall–Kier alpha value is -0.130. The zero-order valence-electron chi connectivity index (χ0n) is 14.0. The van der Waals surface area contributed by atoms with Gasteiger partial charge >= 0.3 is 0 Å². The molecule has 7 nitrogen and oxygen atoms in total. The Morgan fingerprint density at radius 3 is 2.45 bits per heavy atom. The minimum Gasteiger partial charge on any atom is -0.381 e. The van der Waals surface area contributed by atoms with Gasteiger partial charge in [0.15, 0.2) is 5.96 Å². The molecular weight excluding hydrogens is 419 g/mol. The van der Waals surface area contributed by atoms with Crippen LogP contribution in [-0.2, 0) is 14.8 Å². The maximum absolute atomic E-state index is 10.9. The minimum absolute atomic E-state index is 0. The first-order chi connectivity index (χ1) is 9.85. The van der Waals surface area contributed by atoms with Gasteiger partial charge in [-0.2, -0.15) is 0 Å². The Morgan fingerprint density at radius 1 is 1.23 bits per heavy atom. The highest BCUT2D eigenvalue weighted by atomic mass is 127. The molecule has 0 fully saturated rings. The normalized spacial score (nSPS) is 12.1. The van der Waals surface area contributed by atoms with Crippen LogP contribution in [0, 0.1) is 5.92 Å². The van der Waals surface area contributed by atoms with Gasteiger partial charge < -0.3 is 15.4 Å². The second-order valence-electron chi connectivity index (χ2n) is 5.18. The highest BCUT2D eigenvalue weighted by Gasteiger charge is 2.00. The van der Waals surface area contributed by atoms with Crippen molar-refractivity contribution in [2.75, 3.05) is 45.6 Å². The van der Waals surface area contributed by atoms with E-state index < -0.39 is 10.0 Å². The van der Waals surface area contributed by atoms with Gasteiger partial charge in [-0.15, -0.1) is 24.0 Å². The molecule has 3 N–H and O–H groups in total. The topological polar surface area (TPSA) is 91.8 Å². The summed E-state index contributed by atoms with van der Waals surface area (Å²) in [5, 5.41) is 6.18. The molecule has 0 aromatic heterocycles. The predicted molar refractivity (Wildman–Crippen MR) is 103 cm³/mol. The van der Waals surface area contributed by atoms with Crippen molar-refractivity contribution in [3.05, 3.63) is 0 Å². The Bertz CT molecular complexity index is 389. The van der Waals surface area contributed by atoms with Crippen molar-refractivity contribution in [1.29, 1.82) is 0 Å². The van der Waals surface area contributed by atoms with Gasteiger partial charge in [-0.3, -0.25) is 4.99 Å². The van der Waals surface area contributed by atoms with Gasteiger partial charge in [0.05, 0.1) is 6.26 Å². The van der Waals surface area contributed by atoms with Crippen LogP contribution >= 0.6 is 24.0 Å². The van der Waals surface area contributed by atoms with Crippen LogP contribution < -0.4 is 15.4 Å². The lowest BCUT2D eigenvalue weighted by atomic mass is 10.2. The third kappa shape index (κ3) is 17.9. The molecule has 0 aromatic rings. The number of sulfonamides is 1. The van der Waals surface area contributed by atoms with Crippen LogP contribution in [0.1, 0.15) is 27.2 Å². The number of guanidine groups is 1. The van der Waals surface area contributed by atoms with E-state index in [2.05, 4.69) is 34.2 Å². The number of halogens is 1. The molecule has 0 heterocycles. The van der Waals surface area contributed by atoms with E-state index in [1.54, 1.807) is 0 Å². The number of hydrogen-bond donors (Lipinski definition) is 3. The summed E-state index contributed by atoms with van der Waals surface area (Å²) in [5.41, 5.74) is 0. The fourth-order valence-electron chi connectivity index (χ4n) is 1.44. The monoisotopic (exact) mass is 450 g/mol. The minimum atomic E-state index is -3.14. The fourth-order valence-corrected chi connectivity index (χ4v) is 1.91. The number of rotatable bonds is 11. The molecule has 0 atom stereocenters. The van der Waals surface area contributed by atoms with Crippen LogP contribution in [0.3, 0.4) is 0 Å². The molecule has 0 saturated heterocycles. The van der Waals surface area contributed by atoms with Crippen LogP contribution in [0.4, 0.5) is 0 Å². The Balaban J connectivity index is 0. The van der Waals surface area contributed by atoms with E-state index in [1.807, 2.05) is 6.92 Å². The molecule has 22 heavy (non-hydrogen) atoms. The summed E-state index contributed by atoms with van der Waals surface area (Å²) in [5.74, 6) is 1.24. The van der Waals surface area contributed by atoms with Crippen molar-refractivity contribution >= 4 is 40.0 Å². The lowest BCUT2D eigenvalue weighted by Gasteiger charge is -2.11. The molecule has 0 aliphatic heterocycles. The van der Waals surface area contributed by atoms with Crippen LogP contribution in [-0.4, -0.2) is 60.0 Å². The Labute approximate surface area is 152 Å². The van der Waals surface area contributed by atoms with Gasteiger partial charge in [0.25, 0.3) is 0 Å². The average molecular weight is 450 g/mol. The lowest BCUT2D eigenvalue weighted by molar-refractivity contribution is 0.109. The van der Waals surface area contributed by atoms with E-state index >= 15 is 0 Å². The third-order valence-corrected chi connectivity index (χ3v) is 3.02. The van der Waals surface area contributed by atoms with Crippen molar-refractivity contribution < 1.29 is 13.2 Å². The second-order valence-corrected chi connectivity index (χ2v) is 7.01. The Kier molecular flexibility index (Phi) is 15.9. The predicted octanol–water partition coefficient (Wildman–Crippen LogP) is 0.771. The van der Waals surface area contributed by atoms with E-state index in [4.69, 9.17) is 4.74 Å². The summed E-state index contributed by atoms with van der Waals surface area (Å²) in [6.45, 7) is 9.96. The van der Waals surface area contributed by atoms with Gasteiger partial charge in [-0.1, -0.05) is 13.8 Å². The standard InChI is InChI=1S/C13H30N4O3S.HI/c1-5-14-13(16-8-9-17-21(4,18)19)15-7-6-10-20-11-12(2)3;/h12,17H,5-11H2,1-4H3,(H2,14,15,16);1H. The summed E-state index contributed by atoms with van der Waals surface area (Å²) in [7, 11) is -3.14. The molecule has 0 aliphatic carbocycles. The molecule has 134 valence electrons. The average Bonchev–Trinajstić information content (AvgIpc) is 2.37. The van der Waals surface area contributed by atoms with E-state index in [-0.39, 0.29) is 24.0 Å². The highest BCUT2D eigenvalue weighted by molar-refractivity contribution is 14.0. The molecule has 0 aromatic carbocycles. The molecular formula is C13H31IN4O3S. The fraction of sp³-hybridized carbons (Fsp3) is 0.923. The van der Waals surface area contributed by atoms with Crippen molar-refractivity contribution in [2.45, 2.75) is 27.2 Å². The van der Waals surface area contributed by atoms with Crippen molar-refractivity contribution in [3.63, 3.8) is 0 Å². The molecule has 0 bridgehead atoms. The number of nitrogens with zero attached hydrogens (tertiary/aromatic N) is 1. The molecule has 0 rings (SSSR count). The summed E-state index contributed by atoms with van der Waals surface area (Å²) < 4.78 is 29.8. The number of nitrogens with one attached hydrogen (secondary N) is 3. The van der Waals surface area contributed by atoms with Crippen LogP contribution in [0.25, 0.3) is 0 Å². The van der Waals surface area contributed by atoms with Crippen LogP contribution in [0.15, 0.2) is 4.99 Å². The van der Waals surface area contributed by atoms with E-state index in [1.165, 1.54) is 0 Å². The summed E-state index contributed by atoms with van der Waals surface area (Å²) in [6.07, 6.45) is 2.01. The van der Waals surface area contributed by atoms with Crippen molar-refractivity contribution in [1.82, 2.24) is 15.4 Å². The van der Waals surface area contributed by atoms with E-state index in [0.717, 1.165) is 25.8 Å². The first-order valence-corrected chi connectivity index (χ1v) is 9.29. The third-order valence-electron chi connectivity index (χ3n) is 2.29. The van der Waals surface area contributed by atoms with Crippen LogP contribution in [0.5, 0.6) is 0 Å². The van der Waals surface area contributed by atoms with Gasteiger partial charge in [-0.25, -0.2) is 13.1 Å². The quantitative estimate of drug-likeness (QED) is 0.187. The molecule has 0 unspecified atom stereocenters. The van der Waals surface area contributed by atoms with Crippen molar-refractivity contribution in [2.24, 2.45) is 10.9 Å². The Morgan fingerprint density at radius 2 is 1.91 bits per heavy atom. The zero-order valence-corrected chi connectivity index (χ0v) is 17.2. The summed E-state index contributed by atoms with van der Waals surface area (Å²) in [6, 6.07) is 0. The molecule has 9 heteroatoms. The lowest BCUT2D eigenvalue weighted by Crippen LogP contribution is -2.41. The number of aliphatic imine (C=N–C) groups is 1. The van der Waals surface area contributed by atoms with E-state index in [0.29, 0.717) is 38.1 Å². The molecule has 0 saturated carbocycles. The largest absolute Gasteiger partial charge is 0.381 e. The number of ether oxygens (including phenoxy) is 1. The van der Waals surface area contributed by atoms with E-state index in [9.17, 15) is 8.42 Å². The SMILES string of the molecule is CCNC(=NCCCOCC(C)C)NCCNS(C)(=O)=O.I. The van der Waals surface area contributed by atoms with Crippen LogP contribution in [0.2, 0.25) is 0 Å². The van der Waals surface area contributed by atoms with Crippen molar-refractivity contribution in [3.8, 4) is 0 Å². The summed E-state index contributed by atoms with van der Waals surface area (Å²) in [4.78, 5) is 4.40. The maximum Gasteiger partial charge on any atom is 0.208 e. The molecule has 0 radical (unpaired) electrons. The molecule has 0 amide bonds. The first kappa shape index (κ1) is 24.1. The first-order valence-electron chi connectivity index (χ1n) is 7.39. The zero-order chi connectivity index (χ0) is 16.1.